The highest BCUT2D eigenvalue weighted by Gasteiger charge is 2.51. The number of halogens is 5. The first kappa shape index (κ1) is 33.2. The summed E-state index contributed by atoms with van der Waals surface area (Å²) in [6, 6.07) is 10.9. The summed E-state index contributed by atoms with van der Waals surface area (Å²) in [5, 5.41) is 6.51. The van der Waals surface area contributed by atoms with Crippen molar-refractivity contribution in [2.24, 2.45) is 0 Å². The molecule has 3 aromatic carbocycles. The first-order valence-corrected chi connectivity index (χ1v) is 14.1. The summed E-state index contributed by atoms with van der Waals surface area (Å²) in [6.45, 7) is -0.859. The predicted octanol–water partition coefficient (Wildman–Crippen LogP) is 4.88. The topological polar surface area (TPSA) is 109 Å². The Morgan fingerprint density at radius 3 is 2.32 bits per heavy atom. The SMILES string of the molecule is CNC(=O)Nc1ccc(N2NC3C(=C2CN(C)C)C(=O)N(c2cccc(OC)c2F)C(=O)N3Cc2c(F)cccc2C(F)(F)F)cc1. The summed E-state index contributed by atoms with van der Waals surface area (Å²) in [4.78, 5) is 43.2. The number of nitrogens with zero attached hydrogens (tertiary/aromatic N) is 4. The number of carbonyl (C=O) groups is 3. The lowest BCUT2D eigenvalue weighted by Gasteiger charge is -2.40. The van der Waals surface area contributed by atoms with Gasteiger partial charge in [-0.25, -0.2) is 28.7 Å². The summed E-state index contributed by atoms with van der Waals surface area (Å²) in [7, 11) is 6.05. The third kappa shape index (κ3) is 6.29. The maximum atomic E-state index is 15.6. The van der Waals surface area contributed by atoms with E-state index in [1.807, 2.05) is 0 Å². The lowest BCUT2D eigenvalue weighted by atomic mass is 10.0. The zero-order chi connectivity index (χ0) is 34.2. The fourth-order valence-corrected chi connectivity index (χ4v) is 5.38. The summed E-state index contributed by atoms with van der Waals surface area (Å²) < 4.78 is 77.9. The molecule has 5 amide bonds. The number of fused-ring (bicyclic) bond motifs is 1. The van der Waals surface area contributed by atoms with Crippen molar-refractivity contribution in [2.75, 3.05) is 50.0 Å². The van der Waals surface area contributed by atoms with Gasteiger partial charge in [-0.15, -0.1) is 0 Å². The summed E-state index contributed by atoms with van der Waals surface area (Å²) in [5.74, 6) is -3.52. The van der Waals surface area contributed by atoms with E-state index in [1.165, 1.54) is 31.3 Å². The first-order chi connectivity index (χ1) is 22.3. The number of hydrazine groups is 1. The number of amides is 5. The van der Waals surface area contributed by atoms with E-state index in [1.54, 1.807) is 43.3 Å². The highest BCUT2D eigenvalue weighted by molar-refractivity contribution is 6.24. The van der Waals surface area contributed by atoms with E-state index >= 15 is 8.78 Å². The average Bonchev–Trinajstić information content (AvgIpc) is 3.38. The molecule has 1 saturated heterocycles. The Hall–Kier alpha value is -5.22. The van der Waals surface area contributed by atoms with E-state index in [-0.39, 0.29) is 23.6 Å². The Bertz CT molecular complexity index is 1750. The Morgan fingerprint density at radius 2 is 1.70 bits per heavy atom. The van der Waals surface area contributed by atoms with E-state index in [0.717, 1.165) is 23.1 Å². The number of anilines is 3. The number of hydrogen-bond acceptors (Lipinski definition) is 7. The van der Waals surface area contributed by atoms with Gasteiger partial charge in [0.25, 0.3) is 5.91 Å². The molecule has 3 N–H and O–H groups in total. The van der Waals surface area contributed by atoms with Crippen LogP contribution in [0.15, 0.2) is 71.9 Å². The van der Waals surface area contributed by atoms with Gasteiger partial charge in [0.2, 0.25) is 0 Å². The van der Waals surface area contributed by atoms with Crippen LogP contribution in [0.1, 0.15) is 11.1 Å². The second kappa shape index (κ2) is 12.9. The van der Waals surface area contributed by atoms with E-state index < -0.39 is 65.3 Å². The molecule has 1 unspecified atom stereocenters. The van der Waals surface area contributed by atoms with Crippen molar-refractivity contribution in [1.82, 2.24) is 20.5 Å². The van der Waals surface area contributed by atoms with Gasteiger partial charge in [0, 0.05) is 24.8 Å². The minimum absolute atomic E-state index is 0.0762. The molecule has 2 aliphatic heterocycles. The molecule has 0 bridgehead atoms. The molecule has 1 atom stereocenters. The molecule has 2 aliphatic rings. The fourth-order valence-electron chi connectivity index (χ4n) is 5.38. The summed E-state index contributed by atoms with van der Waals surface area (Å²) >= 11 is 0. The fraction of sp³-hybridized carbons (Fsp3) is 0.258. The number of carbonyl (C=O) groups excluding carboxylic acids is 3. The van der Waals surface area contributed by atoms with E-state index in [9.17, 15) is 27.6 Å². The number of methoxy groups -OCH3 is 1. The molecule has 11 nitrogen and oxygen atoms in total. The summed E-state index contributed by atoms with van der Waals surface area (Å²) in [5.41, 5.74) is 1.42. The highest BCUT2D eigenvalue weighted by Crippen LogP contribution is 2.40. The lowest BCUT2D eigenvalue weighted by Crippen LogP contribution is -2.62. The van der Waals surface area contributed by atoms with Gasteiger partial charge in [-0.05, 0) is 62.6 Å². The number of nitrogens with one attached hydrogen (secondary N) is 3. The number of hydrogen-bond donors (Lipinski definition) is 3. The highest BCUT2D eigenvalue weighted by atomic mass is 19.4. The van der Waals surface area contributed by atoms with Crippen molar-refractivity contribution in [2.45, 2.75) is 18.9 Å². The molecule has 0 spiro atoms. The van der Waals surface area contributed by atoms with Gasteiger partial charge in [-0.1, -0.05) is 12.1 Å². The number of rotatable bonds is 8. The quantitative estimate of drug-likeness (QED) is 0.296. The maximum absolute atomic E-state index is 15.6. The van der Waals surface area contributed by atoms with Crippen LogP contribution in [-0.2, 0) is 17.5 Å². The minimum Gasteiger partial charge on any atom is -0.494 e. The van der Waals surface area contributed by atoms with Gasteiger partial charge >= 0.3 is 18.2 Å². The van der Waals surface area contributed by atoms with Crippen LogP contribution in [0.3, 0.4) is 0 Å². The Labute approximate surface area is 266 Å². The number of likely N-dealkylation sites (N-methyl/N-ethyl adjacent to an activating group) is 1. The lowest BCUT2D eigenvalue weighted by molar-refractivity contribution is -0.138. The van der Waals surface area contributed by atoms with Crippen LogP contribution in [-0.4, -0.2) is 68.7 Å². The molecule has 0 radical (unpaired) electrons. The molecule has 0 aliphatic carbocycles. The molecule has 47 heavy (non-hydrogen) atoms. The Morgan fingerprint density at radius 1 is 1.02 bits per heavy atom. The number of ether oxygens (including phenoxy) is 1. The zero-order valence-electron chi connectivity index (χ0n) is 25.6. The van der Waals surface area contributed by atoms with Gasteiger partial charge in [0.05, 0.1) is 41.9 Å². The van der Waals surface area contributed by atoms with Gasteiger partial charge in [0.15, 0.2) is 11.6 Å². The third-order valence-electron chi connectivity index (χ3n) is 7.52. The van der Waals surface area contributed by atoms with Crippen molar-refractivity contribution < 1.29 is 41.1 Å². The zero-order valence-corrected chi connectivity index (χ0v) is 25.6. The van der Waals surface area contributed by atoms with Gasteiger partial charge in [0.1, 0.15) is 12.0 Å². The number of alkyl halides is 3. The molecule has 248 valence electrons. The molecule has 2 heterocycles. The van der Waals surface area contributed by atoms with Crippen molar-refractivity contribution in [1.29, 1.82) is 0 Å². The van der Waals surface area contributed by atoms with Crippen LogP contribution >= 0.6 is 0 Å². The number of imide groups is 1. The predicted molar refractivity (Wildman–Crippen MR) is 162 cm³/mol. The van der Waals surface area contributed by atoms with E-state index in [2.05, 4.69) is 16.1 Å². The monoisotopic (exact) mass is 659 g/mol. The van der Waals surface area contributed by atoms with Crippen molar-refractivity contribution >= 4 is 35.0 Å². The molecule has 16 heteroatoms. The molecule has 3 aromatic rings. The second-order valence-corrected chi connectivity index (χ2v) is 10.8. The van der Waals surface area contributed by atoms with Crippen LogP contribution in [0, 0.1) is 11.6 Å². The standard InChI is InChI=1S/C31H30F5N7O4/c1-37-29(45)38-17-11-13-18(14-12-17)43-23(16-40(2)3)25-27(39-43)41(15-19-20(31(34,35)36)7-5-8-21(19)32)30(46)42(28(25)44)22-9-6-10-24(47-4)26(22)33/h5-14,27,39H,15-16H2,1-4H3,(H2,37,38,45). The summed E-state index contributed by atoms with van der Waals surface area (Å²) in [6.07, 6.45) is -6.36. The Balaban J connectivity index is 1.69. The van der Waals surface area contributed by atoms with Crippen molar-refractivity contribution in [3.8, 4) is 5.75 Å². The van der Waals surface area contributed by atoms with Gasteiger partial charge in [-0.2, -0.15) is 13.2 Å². The van der Waals surface area contributed by atoms with Crippen molar-refractivity contribution in [3.05, 3.63) is 94.7 Å². The third-order valence-corrected chi connectivity index (χ3v) is 7.52. The van der Waals surface area contributed by atoms with Gasteiger partial charge in [-0.3, -0.25) is 14.7 Å². The second-order valence-electron chi connectivity index (χ2n) is 10.8. The van der Waals surface area contributed by atoms with E-state index in [4.69, 9.17) is 4.74 Å². The van der Waals surface area contributed by atoms with Crippen LogP contribution in [0.5, 0.6) is 5.75 Å². The largest absolute Gasteiger partial charge is 0.494 e. The maximum Gasteiger partial charge on any atom is 0.416 e. The molecule has 0 saturated carbocycles. The first-order valence-electron chi connectivity index (χ1n) is 14.1. The van der Waals surface area contributed by atoms with Crippen LogP contribution in [0.2, 0.25) is 0 Å². The smallest absolute Gasteiger partial charge is 0.416 e. The van der Waals surface area contributed by atoms with Gasteiger partial charge < -0.3 is 20.3 Å². The molecule has 5 rings (SSSR count). The average molecular weight is 660 g/mol. The normalized spacial score (nSPS) is 16.6. The minimum atomic E-state index is -4.97. The molecular formula is C31H30F5N7O4. The molecule has 1 fully saturated rings. The Kier molecular flexibility index (Phi) is 9.09. The number of benzene rings is 3. The van der Waals surface area contributed by atoms with E-state index in [0.29, 0.717) is 22.3 Å². The van der Waals surface area contributed by atoms with Crippen LogP contribution in [0.4, 0.5) is 48.6 Å². The molecule has 0 aromatic heterocycles. The van der Waals surface area contributed by atoms with Crippen molar-refractivity contribution in [3.63, 3.8) is 0 Å². The number of urea groups is 2. The van der Waals surface area contributed by atoms with Crippen LogP contribution < -0.4 is 30.7 Å². The molecular weight excluding hydrogens is 629 g/mol. The van der Waals surface area contributed by atoms with Crippen LogP contribution in [0.25, 0.3) is 0 Å².